The maximum absolute atomic E-state index is 12.1. The first kappa shape index (κ1) is 15.5. The molecule has 1 amide bonds. The second-order valence-corrected chi connectivity index (χ2v) is 5.03. The average Bonchev–Trinajstić information content (AvgIpc) is 2.40. The zero-order valence-electron chi connectivity index (χ0n) is 12.6. The molecule has 0 aliphatic rings. The maximum atomic E-state index is 12.1. The number of carbonyl (C=O) groups excluding carboxylic acids is 1. The van der Waals surface area contributed by atoms with Gasteiger partial charge in [0.25, 0.3) is 5.91 Å². The Morgan fingerprint density at radius 3 is 2.53 bits per heavy atom. The van der Waals surface area contributed by atoms with Crippen LogP contribution < -0.4 is 10.1 Å². The van der Waals surface area contributed by atoms with Gasteiger partial charge < -0.3 is 10.1 Å². The minimum atomic E-state index is -0.422. The summed E-state index contributed by atoms with van der Waals surface area (Å²) < 4.78 is 5.87. The predicted molar refractivity (Wildman–Crippen MR) is 78.5 cm³/mol. The summed E-state index contributed by atoms with van der Waals surface area (Å²) in [6.45, 7) is 10.1. The molecule has 2 atom stereocenters. The van der Waals surface area contributed by atoms with Crippen molar-refractivity contribution < 1.29 is 9.53 Å². The Bertz CT molecular complexity index is 429. The van der Waals surface area contributed by atoms with Crippen LogP contribution in [0.15, 0.2) is 18.2 Å². The topological polar surface area (TPSA) is 38.3 Å². The fourth-order valence-electron chi connectivity index (χ4n) is 1.77. The van der Waals surface area contributed by atoms with Gasteiger partial charge in [-0.2, -0.15) is 0 Å². The monoisotopic (exact) mass is 263 g/mol. The van der Waals surface area contributed by atoms with Crippen LogP contribution in [0, 0.1) is 13.8 Å². The van der Waals surface area contributed by atoms with Crippen LogP contribution in [-0.4, -0.2) is 18.1 Å². The van der Waals surface area contributed by atoms with E-state index in [0.29, 0.717) is 6.42 Å². The molecule has 0 unspecified atom stereocenters. The van der Waals surface area contributed by atoms with E-state index in [9.17, 15) is 4.79 Å². The van der Waals surface area contributed by atoms with E-state index < -0.39 is 6.10 Å². The van der Waals surface area contributed by atoms with Gasteiger partial charge in [0.1, 0.15) is 5.75 Å². The normalized spacial score (nSPS) is 13.7. The number of rotatable bonds is 6. The van der Waals surface area contributed by atoms with Gasteiger partial charge in [-0.3, -0.25) is 4.79 Å². The summed E-state index contributed by atoms with van der Waals surface area (Å²) in [4.78, 5) is 12.1. The number of aryl methyl sites for hydroxylation is 1. The Morgan fingerprint density at radius 1 is 1.26 bits per heavy atom. The Labute approximate surface area is 116 Å². The number of amides is 1. The molecule has 106 valence electrons. The summed E-state index contributed by atoms with van der Waals surface area (Å²) in [6, 6.07) is 6.10. The first-order chi connectivity index (χ1) is 8.99. The molecule has 1 N–H and O–H groups in total. The lowest BCUT2D eigenvalue weighted by Gasteiger charge is -2.21. The van der Waals surface area contributed by atoms with E-state index >= 15 is 0 Å². The SMILES string of the molecule is CC[C@@H](C)NC(=O)[C@H](CC)Oc1cccc(C)c1C. The Balaban J connectivity index is 2.76. The molecule has 3 nitrogen and oxygen atoms in total. The number of ether oxygens (including phenoxy) is 1. The van der Waals surface area contributed by atoms with Crippen LogP contribution in [0.25, 0.3) is 0 Å². The van der Waals surface area contributed by atoms with Crippen LogP contribution >= 0.6 is 0 Å². The van der Waals surface area contributed by atoms with Crippen LogP contribution in [-0.2, 0) is 4.79 Å². The van der Waals surface area contributed by atoms with Crippen LogP contribution in [0.2, 0.25) is 0 Å². The molecule has 19 heavy (non-hydrogen) atoms. The number of nitrogens with one attached hydrogen (secondary N) is 1. The highest BCUT2D eigenvalue weighted by Crippen LogP contribution is 2.22. The van der Waals surface area contributed by atoms with Gasteiger partial charge in [-0.1, -0.05) is 26.0 Å². The van der Waals surface area contributed by atoms with E-state index in [1.54, 1.807) is 0 Å². The van der Waals surface area contributed by atoms with Gasteiger partial charge in [-0.05, 0) is 50.8 Å². The number of carbonyl (C=O) groups is 1. The van der Waals surface area contributed by atoms with Crippen LogP contribution in [0.5, 0.6) is 5.75 Å². The minimum Gasteiger partial charge on any atom is -0.480 e. The van der Waals surface area contributed by atoms with E-state index in [1.165, 1.54) is 5.56 Å². The van der Waals surface area contributed by atoms with Gasteiger partial charge in [0.2, 0.25) is 0 Å². The molecule has 0 spiro atoms. The van der Waals surface area contributed by atoms with E-state index in [4.69, 9.17) is 4.74 Å². The van der Waals surface area contributed by atoms with Crippen molar-refractivity contribution in [1.82, 2.24) is 5.32 Å². The Morgan fingerprint density at radius 2 is 1.95 bits per heavy atom. The maximum Gasteiger partial charge on any atom is 0.261 e. The molecule has 1 aromatic rings. The molecule has 3 heteroatoms. The Kier molecular flexibility index (Phi) is 5.87. The van der Waals surface area contributed by atoms with Gasteiger partial charge in [-0.15, -0.1) is 0 Å². The Hall–Kier alpha value is -1.51. The smallest absolute Gasteiger partial charge is 0.261 e. The molecule has 1 aromatic carbocycles. The zero-order valence-corrected chi connectivity index (χ0v) is 12.6. The summed E-state index contributed by atoms with van der Waals surface area (Å²) >= 11 is 0. The van der Waals surface area contributed by atoms with Crippen molar-refractivity contribution in [3.05, 3.63) is 29.3 Å². The van der Waals surface area contributed by atoms with Crippen molar-refractivity contribution in [3.8, 4) is 5.75 Å². The lowest BCUT2D eigenvalue weighted by atomic mass is 10.1. The van der Waals surface area contributed by atoms with Gasteiger partial charge >= 0.3 is 0 Å². The largest absolute Gasteiger partial charge is 0.480 e. The molecular formula is C16H25NO2. The summed E-state index contributed by atoms with van der Waals surface area (Å²) in [5.41, 5.74) is 2.27. The molecule has 1 rings (SSSR count). The van der Waals surface area contributed by atoms with E-state index in [-0.39, 0.29) is 11.9 Å². The third-order valence-corrected chi connectivity index (χ3v) is 3.49. The highest BCUT2D eigenvalue weighted by Gasteiger charge is 2.20. The van der Waals surface area contributed by atoms with Crippen molar-refractivity contribution >= 4 is 5.91 Å². The standard InChI is InChI=1S/C16H25NO2/c1-6-12(4)17-16(18)14(7-2)19-15-10-8-9-11(3)13(15)5/h8-10,12,14H,6-7H2,1-5H3,(H,17,18)/t12-,14+/m1/s1. The van der Waals surface area contributed by atoms with Crippen LogP contribution in [0.4, 0.5) is 0 Å². The molecule has 0 heterocycles. The molecule has 0 aliphatic carbocycles. The van der Waals surface area contributed by atoms with Gasteiger partial charge in [0.05, 0.1) is 0 Å². The molecule has 0 saturated heterocycles. The molecular weight excluding hydrogens is 238 g/mol. The summed E-state index contributed by atoms with van der Waals surface area (Å²) in [6.07, 6.45) is 1.16. The lowest BCUT2D eigenvalue weighted by Crippen LogP contribution is -2.42. The van der Waals surface area contributed by atoms with Crippen molar-refractivity contribution in [1.29, 1.82) is 0 Å². The fourth-order valence-corrected chi connectivity index (χ4v) is 1.77. The molecule has 0 aliphatic heterocycles. The van der Waals surface area contributed by atoms with Crippen LogP contribution in [0.1, 0.15) is 44.7 Å². The molecule has 0 fully saturated rings. The third kappa shape index (κ3) is 4.27. The van der Waals surface area contributed by atoms with E-state index in [0.717, 1.165) is 17.7 Å². The summed E-state index contributed by atoms with van der Waals surface area (Å²) in [5, 5.41) is 2.97. The predicted octanol–water partition coefficient (Wildman–Crippen LogP) is 3.38. The highest BCUT2D eigenvalue weighted by molar-refractivity contribution is 5.81. The van der Waals surface area contributed by atoms with Crippen molar-refractivity contribution in [2.75, 3.05) is 0 Å². The van der Waals surface area contributed by atoms with Gasteiger partial charge in [-0.25, -0.2) is 0 Å². The first-order valence-corrected chi connectivity index (χ1v) is 7.02. The van der Waals surface area contributed by atoms with Gasteiger partial charge in [0.15, 0.2) is 6.10 Å². The van der Waals surface area contributed by atoms with Crippen molar-refractivity contribution in [3.63, 3.8) is 0 Å². The molecule has 0 aromatic heterocycles. The van der Waals surface area contributed by atoms with Crippen molar-refractivity contribution in [2.45, 2.75) is 59.6 Å². The van der Waals surface area contributed by atoms with E-state index in [2.05, 4.69) is 12.2 Å². The van der Waals surface area contributed by atoms with Crippen molar-refractivity contribution in [2.24, 2.45) is 0 Å². The summed E-state index contributed by atoms with van der Waals surface area (Å²) in [5.74, 6) is 0.768. The lowest BCUT2D eigenvalue weighted by molar-refractivity contribution is -0.128. The minimum absolute atomic E-state index is 0.0299. The fraction of sp³-hybridized carbons (Fsp3) is 0.562. The molecule has 0 bridgehead atoms. The quantitative estimate of drug-likeness (QED) is 0.854. The van der Waals surface area contributed by atoms with E-state index in [1.807, 2.05) is 45.9 Å². The van der Waals surface area contributed by atoms with Crippen LogP contribution in [0.3, 0.4) is 0 Å². The second kappa shape index (κ2) is 7.17. The number of benzene rings is 1. The molecule has 0 radical (unpaired) electrons. The number of hydrogen-bond donors (Lipinski definition) is 1. The number of hydrogen-bond acceptors (Lipinski definition) is 2. The second-order valence-electron chi connectivity index (χ2n) is 5.03. The highest BCUT2D eigenvalue weighted by atomic mass is 16.5. The average molecular weight is 263 g/mol. The third-order valence-electron chi connectivity index (χ3n) is 3.49. The first-order valence-electron chi connectivity index (χ1n) is 7.02. The molecule has 0 saturated carbocycles. The van der Waals surface area contributed by atoms with Gasteiger partial charge in [0, 0.05) is 6.04 Å². The summed E-state index contributed by atoms with van der Waals surface area (Å²) in [7, 11) is 0. The zero-order chi connectivity index (χ0) is 14.4.